The summed E-state index contributed by atoms with van der Waals surface area (Å²) in [7, 11) is 0. The number of aryl methyl sites for hydroxylation is 2. The first kappa shape index (κ1) is 18.2. The summed E-state index contributed by atoms with van der Waals surface area (Å²) < 4.78 is 0. The van der Waals surface area contributed by atoms with Gasteiger partial charge >= 0.3 is 0 Å². The predicted molar refractivity (Wildman–Crippen MR) is 108 cm³/mol. The summed E-state index contributed by atoms with van der Waals surface area (Å²) in [5.41, 5.74) is 3.71. The Morgan fingerprint density at radius 2 is 1.54 bits per heavy atom. The first-order chi connectivity index (χ1) is 13.4. The molecule has 1 fully saturated rings. The Hall–Kier alpha value is -3.21. The number of imide groups is 1. The second kappa shape index (κ2) is 7.08. The van der Waals surface area contributed by atoms with E-state index in [0.29, 0.717) is 24.1 Å². The maximum absolute atomic E-state index is 12.8. The number of nitrogens with one attached hydrogen (secondary N) is 1. The fraction of sp³-hybridized carbons (Fsp3) is 0.261. The van der Waals surface area contributed by atoms with Crippen LogP contribution in [0.3, 0.4) is 0 Å². The van der Waals surface area contributed by atoms with Crippen molar-refractivity contribution >= 4 is 29.1 Å². The summed E-state index contributed by atoms with van der Waals surface area (Å²) in [6, 6.07) is 12.5. The molecule has 2 atom stereocenters. The molecule has 0 unspecified atom stereocenters. The van der Waals surface area contributed by atoms with Gasteiger partial charge in [-0.2, -0.15) is 0 Å². The van der Waals surface area contributed by atoms with Crippen molar-refractivity contribution in [1.82, 2.24) is 0 Å². The van der Waals surface area contributed by atoms with Gasteiger partial charge in [-0.3, -0.25) is 19.3 Å². The minimum absolute atomic E-state index is 0.175. The standard InChI is InChI=1S/C23H22N2O3/c1-14-10-15(2)12-17(11-14)24-21(26)16-6-5-7-18(13-16)25-22(27)19-8-3-4-9-20(19)23(25)28/h3-7,10-13,19-20H,8-9H2,1-2H3,(H,24,26)/t19-,20+. The molecule has 2 aliphatic rings. The average molecular weight is 374 g/mol. The molecule has 4 rings (SSSR count). The third-order valence-corrected chi connectivity index (χ3v) is 5.35. The normalized spacial score (nSPS) is 21.0. The number of hydrogen-bond donors (Lipinski definition) is 1. The highest BCUT2D eigenvalue weighted by Crippen LogP contribution is 2.37. The number of carbonyl (C=O) groups excluding carboxylic acids is 3. The molecule has 3 amide bonds. The van der Waals surface area contributed by atoms with Gasteiger partial charge in [0.2, 0.25) is 11.8 Å². The van der Waals surface area contributed by atoms with Crippen molar-refractivity contribution < 1.29 is 14.4 Å². The monoisotopic (exact) mass is 374 g/mol. The molecule has 1 N–H and O–H groups in total. The van der Waals surface area contributed by atoms with Crippen LogP contribution in [-0.2, 0) is 9.59 Å². The van der Waals surface area contributed by atoms with Crippen LogP contribution in [0.15, 0.2) is 54.6 Å². The van der Waals surface area contributed by atoms with Gasteiger partial charge in [-0.05, 0) is 68.1 Å². The van der Waals surface area contributed by atoms with Gasteiger partial charge in [-0.15, -0.1) is 0 Å². The topological polar surface area (TPSA) is 66.5 Å². The van der Waals surface area contributed by atoms with Crippen LogP contribution in [-0.4, -0.2) is 17.7 Å². The number of anilines is 2. The first-order valence-corrected chi connectivity index (χ1v) is 9.46. The molecule has 0 radical (unpaired) electrons. The zero-order chi connectivity index (χ0) is 19.8. The SMILES string of the molecule is Cc1cc(C)cc(NC(=O)c2cccc(N3C(=O)[C@H]4CC=CC[C@H]4C3=O)c2)c1. The van der Waals surface area contributed by atoms with Crippen LogP contribution in [0.1, 0.15) is 34.3 Å². The average Bonchev–Trinajstić information content (AvgIpc) is 2.92. The van der Waals surface area contributed by atoms with E-state index in [1.54, 1.807) is 24.3 Å². The summed E-state index contributed by atoms with van der Waals surface area (Å²) in [4.78, 5) is 39.5. The number of rotatable bonds is 3. The first-order valence-electron chi connectivity index (χ1n) is 9.46. The number of benzene rings is 2. The minimum Gasteiger partial charge on any atom is -0.322 e. The third-order valence-electron chi connectivity index (χ3n) is 5.35. The van der Waals surface area contributed by atoms with E-state index < -0.39 is 0 Å². The van der Waals surface area contributed by atoms with E-state index in [4.69, 9.17) is 0 Å². The van der Waals surface area contributed by atoms with Crippen molar-refractivity contribution in [2.75, 3.05) is 10.2 Å². The van der Waals surface area contributed by atoms with Crippen molar-refractivity contribution in [3.05, 3.63) is 71.3 Å². The lowest BCUT2D eigenvalue weighted by atomic mass is 9.85. The van der Waals surface area contributed by atoms with Gasteiger partial charge in [-0.1, -0.05) is 24.3 Å². The summed E-state index contributed by atoms with van der Waals surface area (Å²) in [5, 5.41) is 2.89. The molecule has 1 saturated heterocycles. The zero-order valence-electron chi connectivity index (χ0n) is 15.9. The van der Waals surface area contributed by atoms with Crippen LogP contribution >= 0.6 is 0 Å². The van der Waals surface area contributed by atoms with Crippen LogP contribution < -0.4 is 10.2 Å². The van der Waals surface area contributed by atoms with Crippen molar-refractivity contribution in [2.24, 2.45) is 11.8 Å². The maximum Gasteiger partial charge on any atom is 0.255 e. The van der Waals surface area contributed by atoms with Gasteiger partial charge in [0.25, 0.3) is 5.91 Å². The molecule has 142 valence electrons. The van der Waals surface area contributed by atoms with Gasteiger partial charge in [-0.25, -0.2) is 0 Å². The molecule has 0 aromatic heterocycles. The zero-order valence-corrected chi connectivity index (χ0v) is 15.9. The van der Waals surface area contributed by atoms with Gasteiger partial charge in [0.15, 0.2) is 0 Å². The molecule has 1 heterocycles. The molecule has 1 aliphatic carbocycles. The number of fused-ring (bicyclic) bond motifs is 1. The second-order valence-corrected chi connectivity index (χ2v) is 7.55. The van der Waals surface area contributed by atoms with E-state index in [0.717, 1.165) is 16.8 Å². The quantitative estimate of drug-likeness (QED) is 0.652. The minimum atomic E-state index is -0.287. The number of nitrogens with zero attached hydrogens (tertiary/aromatic N) is 1. The Morgan fingerprint density at radius 1 is 0.929 bits per heavy atom. The lowest BCUT2D eigenvalue weighted by Crippen LogP contribution is -2.31. The van der Waals surface area contributed by atoms with Crippen LogP contribution in [0.25, 0.3) is 0 Å². The number of carbonyl (C=O) groups is 3. The van der Waals surface area contributed by atoms with Crippen molar-refractivity contribution in [1.29, 1.82) is 0 Å². The van der Waals surface area contributed by atoms with E-state index in [1.165, 1.54) is 4.90 Å². The van der Waals surface area contributed by atoms with Crippen LogP contribution in [0.2, 0.25) is 0 Å². The molecule has 2 aromatic rings. The summed E-state index contributed by atoms with van der Waals surface area (Å²) in [6.45, 7) is 3.95. The van der Waals surface area contributed by atoms with E-state index in [-0.39, 0.29) is 29.6 Å². The molecule has 0 saturated carbocycles. The highest BCUT2D eigenvalue weighted by atomic mass is 16.2. The van der Waals surface area contributed by atoms with Gasteiger partial charge < -0.3 is 5.32 Å². The Labute approximate surface area is 164 Å². The van der Waals surface area contributed by atoms with E-state index in [1.807, 2.05) is 44.2 Å². The smallest absolute Gasteiger partial charge is 0.255 e. The van der Waals surface area contributed by atoms with Crippen molar-refractivity contribution in [2.45, 2.75) is 26.7 Å². The second-order valence-electron chi connectivity index (χ2n) is 7.55. The summed E-state index contributed by atoms with van der Waals surface area (Å²) in [6.07, 6.45) is 5.12. The molecule has 2 aromatic carbocycles. The van der Waals surface area contributed by atoms with E-state index in [2.05, 4.69) is 5.32 Å². The summed E-state index contributed by atoms with van der Waals surface area (Å²) >= 11 is 0. The number of hydrogen-bond acceptors (Lipinski definition) is 3. The van der Waals surface area contributed by atoms with Crippen LogP contribution in [0, 0.1) is 25.7 Å². The predicted octanol–water partition coefficient (Wildman–Crippen LogP) is 4.01. The highest BCUT2D eigenvalue weighted by molar-refractivity contribution is 6.22. The number of allylic oxidation sites excluding steroid dienone is 2. The maximum atomic E-state index is 12.8. The molecule has 5 heteroatoms. The molecule has 1 aliphatic heterocycles. The van der Waals surface area contributed by atoms with Crippen LogP contribution in [0.4, 0.5) is 11.4 Å². The fourth-order valence-electron chi connectivity index (χ4n) is 4.09. The Balaban J connectivity index is 1.58. The molecule has 0 bridgehead atoms. The van der Waals surface area contributed by atoms with Gasteiger partial charge in [0.1, 0.15) is 0 Å². The largest absolute Gasteiger partial charge is 0.322 e. The van der Waals surface area contributed by atoms with Gasteiger partial charge in [0, 0.05) is 11.3 Å². The Morgan fingerprint density at radius 3 is 2.14 bits per heavy atom. The molecular formula is C23H22N2O3. The fourth-order valence-corrected chi connectivity index (χ4v) is 4.09. The van der Waals surface area contributed by atoms with Crippen LogP contribution in [0.5, 0.6) is 0 Å². The highest BCUT2D eigenvalue weighted by Gasteiger charge is 2.47. The third kappa shape index (κ3) is 3.24. The molecular weight excluding hydrogens is 352 g/mol. The lowest BCUT2D eigenvalue weighted by molar-refractivity contribution is -0.122. The Kier molecular flexibility index (Phi) is 4.59. The molecule has 0 spiro atoms. The van der Waals surface area contributed by atoms with Gasteiger partial charge in [0.05, 0.1) is 17.5 Å². The Bertz CT molecular complexity index is 962. The lowest BCUT2D eigenvalue weighted by Gasteiger charge is -2.16. The number of amides is 3. The summed E-state index contributed by atoms with van der Waals surface area (Å²) in [5.74, 6) is -1.20. The van der Waals surface area contributed by atoms with E-state index >= 15 is 0 Å². The van der Waals surface area contributed by atoms with Crippen molar-refractivity contribution in [3.8, 4) is 0 Å². The molecule has 28 heavy (non-hydrogen) atoms. The molecule has 5 nitrogen and oxygen atoms in total. The van der Waals surface area contributed by atoms with E-state index in [9.17, 15) is 14.4 Å². The van der Waals surface area contributed by atoms with Crippen molar-refractivity contribution in [3.63, 3.8) is 0 Å².